The first kappa shape index (κ1) is 25.1. The number of hydrogen-bond acceptors (Lipinski definition) is 5. The van der Waals surface area contributed by atoms with Crippen LogP contribution >= 0.6 is 0 Å². The minimum absolute atomic E-state index is 0.0580. The van der Waals surface area contributed by atoms with E-state index in [1.165, 1.54) is 16.4 Å². The number of para-hydroxylation sites is 2. The lowest BCUT2D eigenvalue weighted by atomic mass is 9.97. The first-order valence-electron chi connectivity index (χ1n) is 11.4. The second-order valence-corrected chi connectivity index (χ2v) is 9.93. The van der Waals surface area contributed by atoms with Crippen molar-refractivity contribution < 1.29 is 22.3 Å². The summed E-state index contributed by atoms with van der Waals surface area (Å²) < 4.78 is 46.0. The van der Waals surface area contributed by atoms with E-state index in [1.54, 1.807) is 6.07 Å². The smallest absolute Gasteiger partial charge is 0.243 e. The SMILES string of the molecule is CCN(CC)CCOc1ccccc1NC(=O)C1CCN(S(=O)(=O)c2ccc(F)cc2)CC1. The number of amides is 1. The van der Waals surface area contributed by atoms with Crippen molar-refractivity contribution >= 4 is 21.6 Å². The number of carbonyl (C=O) groups is 1. The van der Waals surface area contributed by atoms with E-state index < -0.39 is 15.8 Å². The zero-order chi connectivity index (χ0) is 23.8. The van der Waals surface area contributed by atoms with Gasteiger partial charge in [-0.1, -0.05) is 26.0 Å². The highest BCUT2D eigenvalue weighted by molar-refractivity contribution is 7.89. The largest absolute Gasteiger partial charge is 0.490 e. The third-order valence-corrected chi connectivity index (χ3v) is 7.89. The van der Waals surface area contributed by atoms with E-state index in [2.05, 4.69) is 24.1 Å². The molecule has 9 heteroatoms. The van der Waals surface area contributed by atoms with E-state index in [-0.39, 0.29) is 29.8 Å². The number of piperidine rings is 1. The Labute approximate surface area is 195 Å². The van der Waals surface area contributed by atoms with E-state index in [0.717, 1.165) is 31.8 Å². The summed E-state index contributed by atoms with van der Waals surface area (Å²) in [5.41, 5.74) is 0.614. The molecule has 0 aliphatic carbocycles. The zero-order valence-electron chi connectivity index (χ0n) is 19.2. The van der Waals surface area contributed by atoms with Gasteiger partial charge in [0, 0.05) is 25.6 Å². The molecule has 180 valence electrons. The molecule has 0 saturated carbocycles. The highest BCUT2D eigenvalue weighted by Gasteiger charge is 2.32. The normalized spacial score (nSPS) is 15.5. The molecule has 0 aromatic heterocycles. The van der Waals surface area contributed by atoms with Crippen LogP contribution in [-0.4, -0.2) is 62.9 Å². The first-order chi connectivity index (χ1) is 15.8. The third-order valence-electron chi connectivity index (χ3n) is 5.98. The highest BCUT2D eigenvalue weighted by Crippen LogP contribution is 2.28. The number of ether oxygens (including phenoxy) is 1. The Hall–Kier alpha value is -2.49. The minimum Gasteiger partial charge on any atom is -0.490 e. The number of likely N-dealkylation sites (N-methyl/N-ethyl adjacent to an activating group) is 1. The predicted octanol–water partition coefficient (Wildman–Crippen LogP) is 3.59. The number of halogens is 1. The molecule has 2 aromatic rings. The van der Waals surface area contributed by atoms with Gasteiger partial charge in [-0.25, -0.2) is 12.8 Å². The van der Waals surface area contributed by atoms with Gasteiger partial charge in [0.15, 0.2) is 0 Å². The lowest BCUT2D eigenvalue weighted by molar-refractivity contribution is -0.120. The van der Waals surface area contributed by atoms with Gasteiger partial charge in [-0.15, -0.1) is 0 Å². The van der Waals surface area contributed by atoms with Gasteiger partial charge in [-0.3, -0.25) is 4.79 Å². The van der Waals surface area contributed by atoms with Crippen LogP contribution in [0, 0.1) is 11.7 Å². The third kappa shape index (κ3) is 6.52. The van der Waals surface area contributed by atoms with Gasteiger partial charge in [0.05, 0.1) is 10.6 Å². The van der Waals surface area contributed by atoms with Gasteiger partial charge < -0.3 is 15.0 Å². The molecule has 1 saturated heterocycles. The molecule has 1 fully saturated rings. The number of anilines is 1. The van der Waals surface area contributed by atoms with Crippen molar-refractivity contribution in [1.29, 1.82) is 0 Å². The van der Waals surface area contributed by atoms with Crippen LogP contribution in [0.2, 0.25) is 0 Å². The fourth-order valence-corrected chi connectivity index (χ4v) is 5.34. The maximum absolute atomic E-state index is 13.1. The Kier molecular flexibility index (Phi) is 8.82. The van der Waals surface area contributed by atoms with Crippen LogP contribution in [0.1, 0.15) is 26.7 Å². The number of carbonyl (C=O) groups excluding carboxylic acids is 1. The lowest BCUT2D eigenvalue weighted by Crippen LogP contribution is -2.41. The summed E-state index contributed by atoms with van der Waals surface area (Å²) in [5.74, 6) is -0.307. The molecule has 0 atom stereocenters. The van der Waals surface area contributed by atoms with Gasteiger partial charge in [0.2, 0.25) is 15.9 Å². The fourth-order valence-electron chi connectivity index (χ4n) is 3.87. The number of nitrogens with zero attached hydrogens (tertiary/aromatic N) is 2. The van der Waals surface area contributed by atoms with Gasteiger partial charge in [0.25, 0.3) is 0 Å². The van der Waals surface area contributed by atoms with E-state index in [1.807, 2.05) is 18.2 Å². The van der Waals surface area contributed by atoms with Gasteiger partial charge in [-0.2, -0.15) is 4.31 Å². The van der Waals surface area contributed by atoms with Crippen LogP contribution in [0.3, 0.4) is 0 Å². The summed E-state index contributed by atoms with van der Waals surface area (Å²) in [6.45, 7) is 7.91. The molecule has 1 heterocycles. The van der Waals surface area contributed by atoms with Crippen molar-refractivity contribution in [2.75, 3.05) is 44.6 Å². The summed E-state index contributed by atoms with van der Waals surface area (Å²) in [5, 5.41) is 2.95. The predicted molar refractivity (Wildman–Crippen MR) is 126 cm³/mol. The maximum atomic E-state index is 13.1. The van der Waals surface area contributed by atoms with E-state index in [4.69, 9.17) is 4.74 Å². The average Bonchev–Trinajstić information content (AvgIpc) is 2.83. The summed E-state index contributed by atoms with van der Waals surface area (Å²) in [7, 11) is -3.70. The second-order valence-electron chi connectivity index (χ2n) is 7.99. The number of hydrogen-bond donors (Lipinski definition) is 1. The molecule has 0 spiro atoms. The Morgan fingerprint density at radius 3 is 2.36 bits per heavy atom. The van der Waals surface area contributed by atoms with E-state index >= 15 is 0 Å². The van der Waals surface area contributed by atoms with Crippen LogP contribution in [0.4, 0.5) is 10.1 Å². The highest BCUT2D eigenvalue weighted by atomic mass is 32.2. The van der Waals surface area contributed by atoms with Crippen molar-refractivity contribution in [1.82, 2.24) is 9.21 Å². The molecule has 3 rings (SSSR count). The molecule has 1 aliphatic rings. The number of sulfonamides is 1. The van der Waals surface area contributed by atoms with Crippen molar-refractivity contribution in [2.45, 2.75) is 31.6 Å². The van der Waals surface area contributed by atoms with Gasteiger partial charge in [-0.05, 0) is 62.3 Å². The van der Waals surface area contributed by atoms with E-state index in [9.17, 15) is 17.6 Å². The molecule has 33 heavy (non-hydrogen) atoms. The first-order valence-corrected chi connectivity index (χ1v) is 12.8. The van der Waals surface area contributed by atoms with Crippen LogP contribution in [-0.2, 0) is 14.8 Å². The summed E-state index contributed by atoms with van der Waals surface area (Å²) in [6.07, 6.45) is 0.828. The van der Waals surface area contributed by atoms with E-state index in [0.29, 0.717) is 30.9 Å². The molecule has 2 aromatic carbocycles. The molecule has 0 bridgehead atoms. The lowest BCUT2D eigenvalue weighted by Gasteiger charge is -2.30. The summed E-state index contributed by atoms with van der Waals surface area (Å²) in [6, 6.07) is 12.1. The molecular weight excluding hydrogens is 445 g/mol. The Morgan fingerprint density at radius 1 is 1.09 bits per heavy atom. The number of rotatable bonds is 10. The number of benzene rings is 2. The Balaban J connectivity index is 1.56. The standard InChI is InChI=1S/C24H32FN3O4S/c1-3-27(4-2)17-18-32-23-8-6-5-7-22(23)26-24(29)19-13-15-28(16-14-19)33(30,31)21-11-9-20(25)10-12-21/h5-12,19H,3-4,13-18H2,1-2H3,(H,26,29). The monoisotopic (exact) mass is 477 g/mol. The Bertz CT molecular complexity index is 1020. The number of nitrogens with one attached hydrogen (secondary N) is 1. The minimum atomic E-state index is -3.70. The zero-order valence-corrected chi connectivity index (χ0v) is 20.0. The van der Waals surface area contributed by atoms with Crippen LogP contribution < -0.4 is 10.1 Å². The van der Waals surface area contributed by atoms with Crippen molar-refractivity contribution in [3.8, 4) is 5.75 Å². The average molecular weight is 478 g/mol. The van der Waals surface area contributed by atoms with Gasteiger partial charge >= 0.3 is 0 Å². The van der Waals surface area contributed by atoms with Crippen LogP contribution in [0.25, 0.3) is 0 Å². The van der Waals surface area contributed by atoms with Gasteiger partial charge in [0.1, 0.15) is 18.2 Å². The van der Waals surface area contributed by atoms with Crippen LogP contribution in [0.15, 0.2) is 53.4 Å². The summed E-state index contributed by atoms with van der Waals surface area (Å²) >= 11 is 0. The molecule has 1 N–H and O–H groups in total. The Morgan fingerprint density at radius 2 is 1.73 bits per heavy atom. The molecule has 0 unspecified atom stereocenters. The molecule has 0 radical (unpaired) electrons. The fraction of sp³-hybridized carbons (Fsp3) is 0.458. The topological polar surface area (TPSA) is 79.0 Å². The van der Waals surface area contributed by atoms with Crippen molar-refractivity contribution in [3.05, 3.63) is 54.3 Å². The molecule has 1 amide bonds. The van der Waals surface area contributed by atoms with Crippen molar-refractivity contribution in [2.24, 2.45) is 5.92 Å². The quantitative estimate of drug-likeness (QED) is 0.566. The van der Waals surface area contributed by atoms with Crippen LogP contribution in [0.5, 0.6) is 5.75 Å². The summed E-state index contributed by atoms with van der Waals surface area (Å²) in [4.78, 5) is 15.2. The second kappa shape index (κ2) is 11.6. The molecular formula is C24H32FN3O4S. The van der Waals surface area contributed by atoms with Crippen molar-refractivity contribution in [3.63, 3.8) is 0 Å². The maximum Gasteiger partial charge on any atom is 0.243 e. The molecule has 7 nitrogen and oxygen atoms in total. The molecule has 1 aliphatic heterocycles.